The first-order chi connectivity index (χ1) is 9.49. The molecule has 0 amide bonds. The molecule has 0 bridgehead atoms. The van der Waals surface area contributed by atoms with Gasteiger partial charge in [-0.1, -0.05) is 0 Å². The van der Waals surface area contributed by atoms with Crippen LogP contribution in [0.15, 0.2) is 11.0 Å². The second-order valence-corrected chi connectivity index (χ2v) is 4.53. The van der Waals surface area contributed by atoms with Crippen molar-refractivity contribution in [2.24, 2.45) is 5.92 Å². The van der Waals surface area contributed by atoms with Crippen LogP contribution in [-0.2, 0) is 4.74 Å². The average Bonchev–Trinajstić information content (AvgIpc) is 2.72. The van der Waals surface area contributed by atoms with E-state index in [0.29, 0.717) is 4.57 Å². The molecular weight excluding hydrogens is 276 g/mol. The van der Waals surface area contributed by atoms with Crippen LogP contribution in [0.3, 0.4) is 0 Å². The highest BCUT2D eigenvalue weighted by Crippen LogP contribution is 2.37. The van der Waals surface area contributed by atoms with E-state index in [9.17, 15) is 13.6 Å². The van der Waals surface area contributed by atoms with Crippen molar-refractivity contribution in [2.75, 3.05) is 18.9 Å². The number of nitrogens with two attached hydrogens (primary N) is 1. The van der Waals surface area contributed by atoms with Crippen molar-refractivity contribution in [3.63, 3.8) is 0 Å². The molecule has 7 nitrogen and oxygen atoms in total. The van der Waals surface area contributed by atoms with Gasteiger partial charge in [-0.15, -0.1) is 0 Å². The summed E-state index contributed by atoms with van der Waals surface area (Å²) in [7, 11) is 0. The number of alkyl halides is 1. The summed E-state index contributed by atoms with van der Waals surface area (Å²) in [5.41, 5.74) is 4.20. The maximum absolute atomic E-state index is 14.3. The molecule has 1 fully saturated rings. The lowest BCUT2D eigenvalue weighted by Crippen LogP contribution is -2.32. The normalized spacial score (nSPS) is 29.8. The predicted octanol–water partition coefficient (Wildman–Crippen LogP) is -0.809. The molecule has 0 unspecified atom stereocenters. The lowest BCUT2D eigenvalue weighted by molar-refractivity contribution is -0.0433. The molecule has 9 heteroatoms. The van der Waals surface area contributed by atoms with Gasteiger partial charge in [0.2, 0.25) is 0 Å². The summed E-state index contributed by atoms with van der Waals surface area (Å²) in [6, 6.07) is 0. The highest BCUT2D eigenvalue weighted by Gasteiger charge is 2.45. The van der Waals surface area contributed by atoms with E-state index < -0.39 is 48.4 Å². The molecule has 1 aromatic heterocycles. The number of aliphatic hydroxyl groups excluding tert-OH is 2. The van der Waals surface area contributed by atoms with E-state index >= 15 is 0 Å². The summed E-state index contributed by atoms with van der Waals surface area (Å²) in [5, 5.41) is 18.0. The van der Waals surface area contributed by atoms with Gasteiger partial charge in [-0.2, -0.15) is 4.98 Å². The van der Waals surface area contributed by atoms with Crippen molar-refractivity contribution < 1.29 is 23.7 Å². The van der Waals surface area contributed by atoms with Crippen LogP contribution >= 0.6 is 0 Å². The second kappa shape index (κ2) is 5.81. The van der Waals surface area contributed by atoms with Gasteiger partial charge in [0.25, 0.3) is 0 Å². The van der Waals surface area contributed by atoms with Crippen LogP contribution in [0.25, 0.3) is 0 Å². The molecule has 0 spiro atoms. The third-order valence-corrected chi connectivity index (χ3v) is 3.32. The Labute approximate surface area is 112 Å². The number of anilines is 1. The molecule has 1 aliphatic rings. The number of hydrogen-bond acceptors (Lipinski definition) is 6. The Hall–Kier alpha value is -1.58. The van der Waals surface area contributed by atoms with E-state index in [1.807, 2.05) is 0 Å². The third kappa shape index (κ3) is 2.51. The minimum Gasteiger partial charge on any atom is -0.396 e. The van der Waals surface area contributed by atoms with Crippen molar-refractivity contribution in [1.29, 1.82) is 0 Å². The predicted molar refractivity (Wildman–Crippen MR) is 64.0 cm³/mol. The van der Waals surface area contributed by atoms with Gasteiger partial charge in [-0.05, 0) is 6.42 Å². The maximum Gasteiger partial charge on any atom is 0.351 e. The van der Waals surface area contributed by atoms with E-state index in [2.05, 4.69) is 4.98 Å². The Bertz CT molecular complexity index is 539. The quantitative estimate of drug-likeness (QED) is 0.669. The van der Waals surface area contributed by atoms with Crippen LogP contribution < -0.4 is 11.4 Å². The minimum absolute atomic E-state index is 0.0581. The van der Waals surface area contributed by atoms with E-state index in [1.54, 1.807) is 0 Å². The van der Waals surface area contributed by atoms with E-state index in [-0.39, 0.29) is 13.0 Å². The molecule has 2 heterocycles. The van der Waals surface area contributed by atoms with Gasteiger partial charge in [0, 0.05) is 12.5 Å². The summed E-state index contributed by atoms with van der Waals surface area (Å²) in [5.74, 6) is -2.33. The number of hydrogen-bond donors (Lipinski definition) is 3. The van der Waals surface area contributed by atoms with E-state index in [4.69, 9.17) is 20.7 Å². The van der Waals surface area contributed by atoms with Crippen LogP contribution in [0, 0.1) is 11.7 Å². The number of halogens is 2. The summed E-state index contributed by atoms with van der Waals surface area (Å²) < 4.78 is 33.5. The molecule has 0 radical (unpaired) electrons. The largest absolute Gasteiger partial charge is 0.396 e. The van der Waals surface area contributed by atoms with Crippen molar-refractivity contribution in [3.05, 3.63) is 22.5 Å². The Morgan fingerprint density at radius 1 is 1.50 bits per heavy atom. The van der Waals surface area contributed by atoms with Gasteiger partial charge in [0.1, 0.15) is 0 Å². The number of nitrogen functional groups attached to an aromatic ring is 1. The Kier molecular flexibility index (Phi) is 4.31. The fourth-order valence-electron chi connectivity index (χ4n) is 2.30. The van der Waals surface area contributed by atoms with Gasteiger partial charge in [-0.3, -0.25) is 4.57 Å². The SMILES string of the molecule is Nc1nc(=O)n([C@@H]2O[C@H](CO)[C@@H](CCO)[C@@H]2F)cc1F. The summed E-state index contributed by atoms with van der Waals surface area (Å²) in [4.78, 5) is 14.9. The molecule has 4 atom stereocenters. The van der Waals surface area contributed by atoms with Crippen LogP contribution in [0.5, 0.6) is 0 Å². The number of ether oxygens (including phenoxy) is 1. The Morgan fingerprint density at radius 2 is 2.20 bits per heavy atom. The van der Waals surface area contributed by atoms with Gasteiger partial charge in [0.05, 0.1) is 18.9 Å². The number of nitrogens with zero attached hydrogens (tertiary/aromatic N) is 2. The molecule has 20 heavy (non-hydrogen) atoms. The minimum atomic E-state index is -1.68. The number of aromatic nitrogens is 2. The topological polar surface area (TPSA) is 111 Å². The highest BCUT2D eigenvalue weighted by atomic mass is 19.1. The monoisotopic (exact) mass is 291 g/mol. The Morgan fingerprint density at radius 3 is 2.80 bits per heavy atom. The zero-order chi connectivity index (χ0) is 14.9. The van der Waals surface area contributed by atoms with Crippen LogP contribution in [0.1, 0.15) is 12.6 Å². The smallest absolute Gasteiger partial charge is 0.351 e. The van der Waals surface area contributed by atoms with E-state index in [1.165, 1.54) is 0 Å². The molecule has 4 N–H and O–H groups in total. The van der Waals surface area contributed by atoms with Gasteiger partial charge >= 0.3 is 5.69 Å². The van der Waals surface area contributed by atoms with Crippen molar-refractivity contribution in [1.82, 2.24) is 9.55 Å². The van der Waals surface area contributed by atoms with E-state index in [0.717, 1.165) is 6.20 Å². The molecule has 0 aliphatic carbocycles. The maximum atomic E-state index is 14.3. The zero-order valence-electron chi connectivity index (χ0n) is 10.4. The molecular formula is C11H15F2N3O4. The third-order valence-electron chi connectivity index (χ3n) is 3.32. The summed E-state index contributed by atoms with van der Waals surface area (Å²) in [6.45, 7) is -0.762. The molecule has 1 aromatic rings. The highest BCUT2D eigenvalue weighted by molar-refractivity contribution is 5.26. The first-order valence-electron chi connectivity index (χ1n) is 6.05. The second-order valence-electron chi connectivity index (χ2n) is 4.53. The average molecular weight is 291 g/mol. The molecule has 1 saturated heterocycles. The standard InChI is InChI=1S/C11H15F2N3O4/c12-6-3-16(11(19)15-9(6)14)10-8(13)5(1-2-17)7(4-18)20-10/h3,5,7-8,10,17-18H,1-2,4H2,(H2,14,15,19)/t5-,7-,8+,10-/m1/s1. The van der Waals surface area contributed by atoms with Crippen LogP contribution in [-0.4, -0.2) is 45.3 Å². The molecule has 0 saturated carbocycles. The summed E-state index contributed by atoms with van der Waals surface area (Å²) >= 11 is 0. The molecule has 0 aromatic carbocycles. The zero-order valence-corrected chi connectivity index (χ0v) is 10.4. The number of rotatable bonds is 4. The van der Waals surface area contributed by atoms with Gasteiger partial charge in [0.15, 0.2) is 24.0 Å². The lowest BCUT2D eigenvalue weighted by atomic mass is 9.96. The van der Waals surface area contributed by atoms with Crippen LogP contribution in [0.2, 0.25) is 0 Å². The van der Waals surface area contributed by atoms with Gasteiger partial charge in [-0.25, -0.2) is 13.6 Å². The first-order valence-corrected chi connectivity index (χ1v) is 6.05. The van der Waals surface area contributed by atoms with Gasteiger partial charge < -0.3 is 20.7 Å². The van der Waals surface area contributed by atoms with Crippen molar-refractivity contribution >= 4 is 5.82 Å². The molecule has 2 rings (SSSR count). The molecule has 1 aliphatic heterocycles. The van der Waals surface area contributed by atoms with Crippen molar-refractivity contribution in [3.8, 4) is 0 Å². The molecule has 112 valence electrons. The van der Waals surface area contributed by atoms with Crippen LogP contribution in [0.4, 0.5) is 14.6 Å². The fraction of sp³-hybridized carbons (Fsp3) is 0.636. The first kappa shape index (κ1) is 14.8. The fourth-order valence-corrected chi connectivity index (χ4v) is 2.30. The lowest BCUT2D eigenvalue weighted by Gasteiger charge is -2.16. The Balaban J connectivity index is 2.34. The number of aliphatic hydroxyl groups is 2. The summed E-state index contributed by atoms with van der Waals surface area (Å²) in [6.07, 6.45) is -3.18. The van der Waals surface area contributed by atoms with Crippen molar-refractivity contribution in [2.45, 2.75) is 24.9 Å².